The van der Waals surface area contributed by atoms with Crippen molar-refractivity contribution in [3.05, 3.63) is 29.8 Å². The summed E-state index contributed by atoms with van der Waals surface area (Å²) in [5, 5.41) is 9.69. The van der Waals surface area contributed by atoms with E-state index >= 15 is 0 Å². The predicted octanol–water partition coefficient (Wildman–Crippen LogP) is 4.48. The van der Waals surface area contributed by atoms with Crippen LogP contribution in [0.25, 0.3) is 0 Å². The minimum atomic E-state index is -0.643. The van der Waals surface area contributed by atoms with Crippen LogP contribution in [0.3, 0.4) is 0 Å². The molecule has 3 rings (SSSR count). The topological polar surface area (TPSA) is 37.3 Å². The van der Waals surface area contributed by atoms with E-state index in [4.69, 9.17) is 0 Å². The number of hydrogen-bond acceptors (Lipinski definition) is 2. The molecule has 108 valence electrons. The molecule has 20 heavy (non-hydrogen) atoms. The van der Waals surface area contributed by atoms with Crippen molar-refractivity contribution >= 4 is 17.7 Å². The molecule has 0 unspecified atom stereocenters. The molecule has 2 saturated carbocycles. The average molecular weight is 290 g/mol. The molecular weight excluding hydrogens is 268 g/mol. The number of carbonyl (C=O) groups is 1. The van der Waals surface area contributed by atoms with Crippen LogP contribution in [0.1, 0.15) is 50.5 Å². The molecule has 1 N–H and O–H groups in total. The second-order valence-electron chi connectivity index (χ2n) is 6.23. The smallest absolute Gasteiger partial charge is 0.314 e. The number of benzene rings is 1. The van der Waals surface area contributed by atoms with Crippen LogP contribution in [0.5, 0.6) is 0 Å². The average Bonchev–Trinajstić information content (AvgIpc) is 3.30. The molecule has 0 heterocycles. The van der Waals surface area contributed by atoms with E-state index in [1.807, 2.05) is 11.8 Å². The van der Waals surface area contributed by atoms with Gasteiger partial charge >= 0.3 is 5.97 Å². The number of carboxylic acid groups (broad SMARTS) is 1. The van der Waals surface area contributed by atoms with Crippen molar-refractivity contribution in [2.45, 2.75) is 55.3 Å². The zero-order valence-electron chi connectivity index (χ0n) is 11.8. The van der Waals surface area contributed by atoms with Crippen LogP contribution in [0, 0.1) is 5.92 Å². The first-order chi connectivity index (χ1) is 9.71. The van der Waals surface area contributed by atoms with Crippen molar-refractivity contribution in [1.29, 1.82) is 0 Å². The van der Waals surface area contributed by atoms with E-state index in [0.29, 0.717) is 0 Å². The Balaban J connectivity index is 1.75. The highest BCUT2D eigenvalue weighted by Gasteiger charge is 2.41. The first-order valence-electron chi connectivity index (χ1n) is 7.67. The van der Waals surface area contributed by atoms with E-state index in [9.17, 15) is 9.90 Å². The lowest BCUT2D eigenvalue weighted by molar-refractivity contribution is -0.145. The largest absolute Gasteiger partial charge is 0.481 e. The normalized spacial score (nSPS) is 21.6. The highest BCUT2D eigenvalue weighted by atomic mass is 32.2. The Hall–Kier alpha value is -0.960. The summed E-state index contributed by atoms with van der Waals surface area (Å²) in [6, 6.07) is 8.33. The van der Waals surface area contributed by atoms with E-state index in [1.165, 1.54) is 29.9 Å². The fourth-order valence-electron chi connectivity index (χ4n) is 3.15. The third kappa shape index (κ3) is 2.88. The van der Waals surface area contributed by atoms with E-state index in [0.717, 1.165) is 37.2 Å². The minimum absolute atomic E-state index is 0.627. The molecule has 2 nitrogen and oxygen atoms in total. The van der Waals surface area contributed by atoms with Gasteiger partial charge in [0.2, 0.25) is 0 Å². The lowest BCUT2D eigenvalue weighted by Crippen LogP contribution is -2.37. The van der Waals surface area contributed by atoms with Gasteiger partial charge in [-0.05, 0) is 49.3 Å². The van der Waals surface area contributed by atoms with Gasteiger partial charge in [0.15, 0.2) is 0 Å². The molecule has 0 bridgehead atoms. The highest BCUT2D eigenvalue weighted by Crippen LogP contribution is 2.41. The van der Waals surface area contributed by atoms with Gasteiger partial charge in [-0.15, -0.1) is 11.8 Å². The lowest BCUT2D eigenvalue weighted by atomic mass is 9.69. The van der Waals surface area contributed by atoms with Gasteiger partial charge in [0.25, 0.3) is 0 Å². The first kappa shape index (κ1) is 14.0. The fraction of sp³-hybridized carbons (Fsp3) is 0.588. The molecular formula is C17H22O2S. The van der Waals surface area contributed by atoms with E-state index in [2.05, 4.69) is 24.3 Å². The van der Waals surface area contributed by atoms with Gasteiger partial charge < -0.3 is 5.11 Å². The molecule has 0 amide bonds. The zero-order chi connectivity index (χ0) is 14.0. The van der Waals surface area contributed by atoms with E-state index < -0.39 is 11.4 Å². The number of hydrogen-bond donors (Lipinski definition) is 1. The van der Waals surface area contributed by atoms with Crippen molar-refractivity contribution in [3.8, 4) is 0 Å². The fourth-order valence-corrected chi connectivity index (χ4v) is 4.24. The highest BCUT2D eigenvalue weighted by molar-refractivity contribution is 7.99. The molecule has 2 aliphatic rings. The molecule has 0 aliphatic heterocycles. The minimum Gasteiger partial charge on any atom is -0.481 e. The molecule has 1 aromatic carbocycles. The number of thioether (sulfide) groups is 1. The van der Waals surface area contributed by atoms with Gasteiger partial charge in [-0.2, -0.15) is 0 Å². The number of aliphatic carboxylic acids is 1. The first-order valence-corrected chi connectivity index (χ1v) is 8.66. The summed E-state index contributed by atoms with van der Waals surface area (Å²) < 4.78 is 0. The van der Waals surface area contributed by atoms with Gasteiger partial charge in [-0.1, -0.05) is 31.4 Å². The molecule has 0 radical (unpaired) electrons. The van der Waals surface area contributed by atoms with Gasteiger partial charge in [-0.25, -0.2) is 0 Å². The maximum Gasteiger partial charge on any atom is 0.314 e. The summed E-state index contributed by atoms with van der Waals surface area (Å²) in [5.41, 5.74) is 0.373. The van der Waals surface area contributed by atoms with Crippen LogP contribution in [0.15, 0.2) is 29.2 Å². The molecule has 0 atom stereocenters. The van der Waals surface area contributed by atoms with Crippen molar-refractivity contribution in [2.75, 3.05) is 5.75 Å². The van der Waals surface area contributed by atoms with Crippen LogP contribution >= 0.6 is 11.8 Å². The third-order valence-electron chi connectivity index (χ3n) is 4.71. The Bertz CT molecular complexity index is 470. The molecule has 2 aliphatic carbocycles. The second-order valence-corrected chi connectivity index (χ2v) is 7.32. The van der Waals surface area contributed by atoms with Crippen LogP contribution in [0.2, 0.25) is 0 Å². The quantitative estimate of drug-likeness (QED) is 0.813. The van der Waals surface area contributed by atoms with E-state index in [1.54, 1.807) is 0 Å². The zero-order valence-corrected chi connectivity index (χ0v) is 12.6. The van der Waals surface area contributed by atoms with Crippen LogP contribution in [-0.2, 0) is 10.2 Å². The SMILES string of the molecule is O=C(O)C1(c2ccc(SCC3CC3)cc2)CCCCC1. The summed E-state index contributed by atoms with van der Waals surface area (Å²) in [4.78, 5) is 13.1. The Morgan fingerprint density at radius 2 is 1.80 bits per heavy atom. The van der Waals surface area contributed by atoms with E-state index in [-0.39, 0.29) is 0 Å². The molecule has 0 spiro atoms. The van der Waals surface area contributed by atoms with Crippen LogP contribution < -0.4 is 0 Å². The van der Waals surface area contributed by atoms with Gasteiger partial charge in [0, 0.05) is 10.6 Å². The van der Waals surface area contributed by atoms with Gasteiger partial charge in [0.05, 0.1) is 5.41 Å². The molecule has 3 heteroatoms. The Kier molecular flexibility index (Phi) is 4.06. The monoisotopic (exact) mass is 290 g/mol. The van der Waals surface area contributed by atoms with Crippen LogP contribution in [-0.4, -0.2) is 16.8 Å². The van der Waals surface area contributed by atoms with Crippen molar-refractivity contribution < 1.29 is 9.90 Å². The van der Waals surface area contributed by atoms with Crippen molar-refractivity contribution in [1.82, 2.24) is 0 Å². The third-order valence-corrected chi connectivity index (χ3v) is 5.95. The predicted molar refractivity (Wildman–Crippen MR) is 82.3 cm³/mol. The maximum atomic E-state index is 11.8. The summed E-state index contributed by atoms with van der Waals surface area (Å²) >= 11 is 1.91. The van der Waals surface area contributed by atoms with Crippen LogP contribution in [0.4, 0.5) is 0 Å². The Labute approximate surface area is 125 Å². The van der Waals surface area contributed by atoms with Gasteiger partial charge in [0.1, 0.15) is 0 Å². The molecule has 2 fully saturated rings. The maximum absolute atomic E-state index is 11.8. The number of rotatable bonds is 5. The molecule has 1 aromatic rings. The lowest BCUT2D eigenvalue weighted by Gasteiger charge is -2.33. The standard InChI is InChI=1S/C17H22O2S/c18-16(19)17(10-2-1-3-11-17)14-6-8-15(9-7-14)20-12-13-4-5-13/h6-9,13H,1-5,10-12H2,(H,18,19). The molecule has 0 aromatic heterocycles. The summed E-state index contributed by atoms with van der Waals surface area (Å²) in [5.74, 6) is 1.49. The number of carboxylic acids is 1. The van der Waals surface area contributed by atoms with Crippen molar-refractivity contribution in [3.63, 3.8) is 0 Å². The Morgan fingerprint density at radius 1 is 1.15 bits per heavy atom. The molecule has 0 saturated heterocycles. The van der Waals surface area contributed by atoms with Gasteiger partial charge in [-0.3, -0.25) is 4.79 Å². The summed E-state index contributed by atoms with van der Waals surface area (Å²) in [6.07, 6.45) is 7.58. The summed E-state index contributed by atoms with van der Waals surface area (Å²) in [6.45, 7) is 0. The van der Waals surface area contributed by atoms with Crippen molar-refractivity contribution in [2.24, 2.45) is 5.92 Å². The summed E-state index contributed by atoms with van der Waals surface area (Å²) in [7, 11) is 0. The Morgan fingerprint density at radius 3 is 2.35 bits per heavy atom. The second kappa shape index (κ2) is 5.80.